The van der Waals surface area contributed by atoms with Crippen LogP contribution < -0.4 is 5.73 Å². The van der Waals surface area contributed by atoms with Crippen molar-refractivity contribution in [1.82, 2.24) is 4.90 Å². The number of rotatable bonds is 3. The Morgan fingerprint density at radius 1 is 1.53 bits per heavy atom. The lowest BCUT2D eigenvalue weighted by molar-refractivity contribution is -0.128. The first-order chi connectivity index (χ1) is 8.10. The molecular formula is C13H17ClN2O. The molecule has 1 aromatic carbocycles. The minimum atomic E-state index is 0.228. The number of nitrogens with two attached hydrogens (primary N) is 1. The van der Waals surface area contributed by atoms with Gasteiger partial charge >= 0.3 is 0 Å². The highest BCUT2D eigenvalue weighted by Gasteiger charge is 2.28. The SMILES string of the molecule is CCC1CC(=O)N(Cc2ccc(Cl)cc2N)C1. The van der Waals surface area contributed by atoms with Crippen molar-refractivity contribution in [3.8, 4) is 0 Å². The monoisotopic (exact) mass is 252 g/mol. The number of carbonyl (C=O) groups is 1. The van der Waals surface area contributed by atoms with E-state index in [1.54, 1.807) is 6.07 Å². The second kappa shape index (κ2) is 4.96. The molecule has 1 heterocycles. The fourth-order valence-corrected chi connectivity index (χ4v) is 2.38. The highest BCUT2D eigenvalue weighted by Crippen LogP contribution is 2.25. The van der Waals surface area contributed by atoms with Crippen LogP contribution in [0.1, 0.15) is 25.3 Å². The van der Waals surface area contributed by atoms with Crippen molar-refractivity contribution in [3.63, 3.8) is 0 Å². The molecule has 0 aliphatic carbocycles. The minimum absolute atomic E-state index is 0.228. The van der Waals surface area contributed by atoms with Crippen LogP contribution in [-0.4, -0.2) is 17.4 Å². The summed E-state index contributed by atoms with van der Waals surface area (Å²) in [5.41, 5.74) is 7.52. The molecule has 1 atom stereocenters. The summed E-state index contributed by atoms with van der Waals surface area (Å²) in [4.78, 5) is 13.7. The molecule has 2 rings (SSSR count). The quantitative estimate of drug-likeness (QED) is 0.841. The summed E-state index contributed by atoms with van der Waals surface area (Å²) < 4.78 is 0. The second-order valence-electron chi connectivity index (χ2n) is 4.60. The van der Waals surface area contributed by atoms with Crippen LogP contribution in [-0.2, 0) is 11.3 Å². The van der Waals surface area contributed by atoms with Gasteiger partial charge in [-0.05, 0) is 23.6 Å². The number of halogens is 1. The third kappa shape index (κ3) is 2.72. The number of likely N-dealkylation sites (tertiary alicyclic amines) is 1. The van der Waals surface area contributed by atoms with Crippen molar-refractivity contribution in [2.24, 2.45) is 5.92 Å². The van der Waals surface area contributed by atoms with Crippen molar-refractivity contribution in [3.05, 3.63) is 28.8 Å². The third-order valence-corrected chi connectivity index (χ3v) is 3.58. The van der Waals surface area contributed by atoms with Crippen LogP contribution in [0.15, 0.2) is 18.2 Å². The first-order valence-corrected chi connectivity index (χ1v) is 6.29. The Hall–Kier alpha value is -1.22. The van der Waals surface area contributed by atoms with Crippen LogP contribution in [0.25, 0.3) is 0 Å². The predicted octanol–water partition coefficient (Wildman–Crippen LogP) is 2.68. The molecule has 1 unspecified atom stereocenters. The molecule has 17 heavy (non-hydrogen) atoms. The van der Waals surface area contributed by atoms with Crippen LogP contribution in [0.4, 0.5) is 5.69 Å². The van der Waals surface area contributed by atoms with Gasteiger partial charge in [-0.3, -0.25) is 4.79 Å². The first-order valence-electron chi connectivity index (χ1n) is 5.91. The van der Waals surface area contributed by atoms with Gasteiger partial charge < -0.3 is 10.6 Å². The number of hydrogen-bond acceptors (Lipinski definition) is 2. The molecule has 1 saturated heterocycles. The van der Waals surface area contributed by atoms with Crippen LogP contribution >= 0.6 is 11.6 Å². The van der Waals surface area contributed by atoms with Crippen LogP contribution in [0.2, 0.25) is 5.02 Å². The largest absolute Gasteiger partial charge is 0.398 e. The molecule has 0 aromatic heterocycles. The topological polar surface area (TPSA) is 46.3 Å². The lowest BCUT2D eigenvalue weighted by Crippen LogP contribution is -2.25. The average molecular weight is 253 g/mol. The summed E-state index contributed by atoms with van der Waals surface area (Å²) >= 11 is 5.85. The van der Waals surface area contributed by atoms with Crippen LogP contribution in [0.3, 0.4) is 0 Å². The Kier molecular flexibility index (Phi) is 3.57. The average Bonchev–Trinajstić information content (AvgIpc) is 2.64. The summed E-state index contributed by atoms with van der Waals surface area (Å²) in [7, 11) is 0. The molecule has 92 valence electrons. The van der Waals surface area contributed by atoms with Crippen molar-refractivity contribution in [2.75, 3.05) is 12.3 Å². The molecule has 3 nitrogen and oxygen atoms in total. The zero-order valence-corrected chi connectivity index (χ0v) is 10.7. The van der Waals surface area contributed by atoms with E-state index in [1.807, 2.05) is 17.0 Å². The molecule has 0 spiro atoms. The molecule has 1 aromatic rings. The van der Waals surface area contributed by atoms with Crippen molar-refractivity contribution in [1.29, 1.82) is 0 Å². The van der Waals surface area contributed by atoms with Gasteiger partial charge in [0.2, 0.25) is 5.91 Å². The van der Waals surface area contributed by atoms with E-state index in [0.717, 1.165) is 18.5 Å². The standard InChI is InChI=1S/C13H17ClN2O/c1-2-9-5-13(17)16(7-9)8-10-3-4-11(14)6-12(10)15/h3-4,6,9H,2,5,7-8,15H2,1H3. The van der Waals surface area contributed by atoms with E-state index in [1.165, 1.54) is 0 Å². The number of anilines is 1. The molecule has 1 aliphatic heterocycles. The summed E-state index contributed by atoms with van der Waals surface area (Å²) in [6.07, 6.45) is 1.72. The maximum atomic E-state index is 11.8. The van der Waals surface area contributed by atoms with E-state index in [4.69, 9.17) is 17.3 Å². The summed E-state index contributed by atoms with van der Waals surface area (Å²) in [6.45, 7) is 3.56. The minimum Gasteiger partial charge on any atom is -0.398 e. The van der Waals surface area contributed by atoms with E-state index >= 15 is 0 Å². The lowest BCUT2D eigenvalue weighted by atomic mass is 10.1. The molecule has 1 amide bonds. The summed E-state index contributed by atoms with van der Waals surface area (Å²) in [6, 6.07) is 5.43. The highest BCUT2D eigenvalue weighted by molar-refractivity contribution is 6.30. The molecule has 1 fully saturated rings. The van der Waals surface area contributed by atoms with Gasteiger partial charge in [-0.1, -0.05) is 31.0 Å². The Morgan fingerprint density at radius 3 is 2.88 bits per heavy atom. The van der Waals surface area contributed by atoms with Gasteiger partial charge in [0, 0.05) is 30.2 Å². The van der Waals surface area contributed by atoms with Gasteiger partial charge in [0.05, 0.1) is 0 Å². The summed E-state index contributed by atoms with van der Waals surface area (Å²) in [5, 5.41) is 0.630. The van der Waals surface area contributed by atoms with Gasteiger partial charge in [0.1, 0.15) is 0 Å². The number of hydrogen-bond donors (Lipinski definition) is 1. The van der Waals surface area contributed by atoms with Gasteiger partial charge in [-0.15, -0.1) is 0 Å². The van der Waals surface area contributed by atoms with Gasteiger partial charge in [0.25, 0.3) is 0 Å². The van der Waals surface area contributed by atoms with E-state index < -0.39 is 0 Å². The zero-order chi connectivity index (χ0) is 12.4. The second-order valence-corrected chi connectivity index (χ2v) is 5.03. The maximum Gasteiger partial charge on any atom is 0.223 e. The van der Waals surface area contributed by atoms with Crippen LogP contribution in [0.5, 0.6) is 0 Å². The first kappa shape index (κ1) is 12.2. The maximum absolute atomic E-state index is 11.8. The normalized spacial score (nSPS) is 20.0. The fourth-order valence-electron chi connectivity index (χ4n) is 2.20. The molecule has 0 bridgehead atoms. The number of carbonyl (C=O) groups excluding carboxylic acids is 1. The van der Waals surface area contributed by atoms with Crippen molar-refractivity contribution in [2.45, 2.75) is 26.3 Å². The van der Waals surface area contributed by atoms with E-state index in [-0.39, 0.29) is 5.91 Å². The number of nitrogen functional groups attached to an aromatic ring is 1. The zero-order valence-electron chi connectivity index (χ0n) is 9.95. The van der Waals surface area contributed by atoms with Crippen molar-refractivity contribution >= 4 is 23.2 Å². The Morgan fingerprint density at radius 2 is 2.29 bits per heavy atom. The summed E-state index contributed by atoms with van der Waals surface area (Å²) in [5.74, 6) is 0.724. The number of nitrogens with zero attached hydrogens (tertiary/aromatic N) is 1. The van der Waals surface area contributed by atoms with Crippen LogP contribution in [0, 0.1) is 5.92 Å². The highest BCUT2D eigenvalue weighted by atomic mass is 35.5. The molecular weight excluding hydrogens is 236 g/mol. The van der Waals surface area contributed by atoms with E-state index in [2.05, 4.69) is 6.92 Å². The fraction of sp³-hybridized carbons (Fsp3) is 0.462. The Balaban J connectivity index is 2.08. The molecule has 4 heteroatoms. The van der Waals surface area contributed by atoms with E-state index in [0.29, 0.717) is 29.6 Å². The molecule has 0 radical (unpaired) electrons. The molecule has 0 saturated carbocycles. The molecule has 2 N–H and O–H groups in total. The van der Waals surface area contributed by atoms with Crippen molar-refractivity contribution < 1.29 is 4.79 Å². The predicted molar refractivity (Wildman–Crippen MR) is 69.7 cm³/mol. The van der Waals surface area contributed by atoms with Gasteiger partial charge in [-0.25, -0.2) is 0 Å². The van der Waals surface area contributed by atoms with Gasteiger partial charge in [0.15, 0.2) is 0 Å². The number of benzene rings is 1. The Labute approximate surface area is 107 Å². The molecule has 1 aliphatic rings. The number of amides is 1. The van der Waals surface area contributed by atoms with Gasteiger partial charge in [-0.2, -0.15) is 0 Å². The van der Waals surface area contributed by atoms with E-state index in [9.17, 15) is 4.79 Å². The third-order valence-electron chi connectivity index (χ3n) is 3.34. The smallest absolute Gasteiger partial charge is 0.223 e. The Bertz CT molecular complexity index is 433. The lowest BCUT2D eigenvalue weighted by Gasteiger charge is -2.17.